The Morgan fingerprint density at radius 1 is 1.11 bits per heavy atom. The molecule has 2 N–H and O–H groups in total. The van der Waals surface area contributed by atoms with E-state index in [2.05, 4.69) is 20.3 Å². The summed E-state index contributed by atoms with van der Waals surface area (Å²) in [6.45, 7) is 0. The van der Waals surface area contributed by atoms with Crippen molar-refractivity contribution in [3.05, 3.63) is 46.5 Å². The second kappa shape index (κ2) is 5.81. The lowest BCUT2D eigenvalue weighted by molar-refractivity contribution is -0.138. The van der Waals surface area contributed by atoms with Gasteiger partial charge < -0.3 is 10.4 Å². The molecule has 2 rings (SSSR count). The van der Waals surface area contributed by atoms with Gasteiger partial charge in [-0.25, -0.2) is 4.79 Å². The van der Waals surface area contributed by atoms with Crippen molar-refractivity contribution >= 4 is 35.1 Å². The van der Waals surface area contributed by atoms with Gasteiger partial charge in [-0.1, -0.05) is 30.3 Å². The smallest absolute Gasteiger partial charge is 0.330 e. The summed E-state index contributed by atoms with van der Waals surface area (Å²) in [6, 6.07) is 7.61. The molecule has 1 atom stereocenters. The fourth-order valence-corrected chi connectivity index (χ4v) is 1.82. The maximum atomic E-state index is 11.3. The first-order valence-electron chi connectivity index (χ1n) is 5.17. The molecule has 8 heteroatoms. The number of aromatic nitrogens is 3. The average molecular weight is 299 g/mol. The van der Waals surface area contributed by atoms with E-state index < -0.39 is 12.0 Å². The normalized spacial score (nSPS) is 11.9. The van der Waals surface area contributed by atoms with E-state index in [4.69, 9.17) is 23.2 Å². The van der Waals surface area contributed by atoms with Crippen LogP contribution in [0.5, 0.6) is 0 Å². The van der Waals surface area contributed by atoms with Crippen molar-refractivity contribution in [2.24, 2.45) is 0 Å². The summed E-state index contributed by atoms with van der Waals surface area (Å²) in [5, 5.41) is 11.6. The summed E-state index contributed by atoms with van der Waals surface area (Å²) in [5.74, 6) is -1.07. The van der Waals surface area contributed by atoms with E-state index in [1.165, 1.54) is 0 Å². The second-order valence-electron chi connectivity index (χ2n) is 3.52. The van der Waals surface area contributed by atoms with Gasteiger partial charge in [-0.05, 0) is 28.8 Å². The number of nitrogens with one attached hydrogen (secondary N) is 1. The average Bonchev–Trinajstić information content (AvgIpc) is 2.35. The second-order valence-corrected chi connectivity index (χ2v) is 4.20. The number of anilines is 1. The molecule has 1 aromatic heterocycles. The Labute approximate surface area is 118 Å². The third-order valence-electron chi connectivity index (χ3n) is 2.23. The lowest BCUT2D eigenvalue weighted by Crippen LogP contribution is -2.21. The number of hydrogen-bond acceptors (Lipinski definition) is 5. The number of carboxylic acids is 1. The van der Waals surface area contributed by atoms with Crippen LogP contribution in [0.3, 0.4) is 0 Å². The molecule has 19 heavy (non-hydrogen) atoms. The Bertz CT molecular complexity index is 574. The molecule has 2 aromatic rings. The highest BCUT2D eigenvalue weighted by Crippen LogP contribution is 2.19. The molecule has 98 valence electrons. The van der Waals surface area contributed by atoms with Crippen molar-refractivity contribution in [1.29, 1.82) is 0 Å². The number of carbonyl (C=O) groups is 1. The summed E-state index contributed by atoms with van der Waals surface area (Å²) in [5.41, 5.74) is 0.558. The standard InChI is InChI=1S/C11H8Cl2N4O2/c12-9-15-10(13)17-11(16-9)14-7(8(18)19)6-4-2-1-3-5-6/h1-5,7H,(H,18,19)(H,14,15,16,17)/t7-/m1/s1. The predicted molar refractivity (Wildman–Crippen MR) is 70.3 cm³/mol. The van der Waals surface area contributed by atoms with Gasteiger partial charge in [0.1, 0.15) is 0 Å². The van der Waals surface area contributed by atoms with Gasteiger partial charge >= 0.3 is 5.97 Å². The van der Waals surface area contributed by atoms with Crippen LogP contribution in [0, 0.1) is 0 Å². The van der Waals surface area contributed by atoms with Crippen molar-refractivity contribution in [1.82, 2.24) is 15.0 Å². The molecule has 0 unspecified atom stereocenters. The van der Waals surface area contributed by atoms with E-state index in [1.54, 1.807) is 30.3 Å². The molecule has 1 heterocycles. The fourth-order valence-electron chi connectivity index (χ4n) is 1.45. The highest BCUT2D eigenvalue weighted by Gasteiger charge is 2.20. The highest BCUT2D eigenvalue weighted by atomic mass is 35.5. The zero-order valence-electron chi connectivity index (χ0n) is 9.42. The van der Waals surface area contributed by atoms with Crippen LogP contribution >= 0.6 is 23.2 Å². The summed E-state index contributed by atoms with van der Waals surface area (Å²) in [6.07, 6.45) is 0. The minimum Gasteiger partial charge on any atom is -0.479 e. The van der Waals surface area contributed by atoms with Crippen LogP contribution in [0.15, 0.2) is 30.3 Å². The van der Waals surface area contributed by atoms with Gasteiger partial charge in [0.05, 0.1) is 0 Å². The fraction of sp³-hybridized carbons (Fsp3) is 0.0909. The maximum absolute atomic E-state index is 11.3. The third-order valence-corrected chi connectivity index (χ3v) is 2.57. The highest BCUT2D eigenvalue weighted by molar-refractivity contribution is 6.31. The maximum Gasteiger partial charge on any atom is 0.330 e. The third kappa shape index (κ3) is 3.52. The minimum absolute atomic E-state index is 0.00116. The number of hydrogen-bond donors (Lipinski definition) is 2. The predicted octanol–water partition coefficient (Wildman–Crippen LogP) is 2.42. The molecular weight excluding hydrogens is 291 g/mol. The number of benzene rings is 1. The summed E-state index contributed by atoms with van der Waals surface area (Å²) in [7, 11) is 0. The molecule has 0 saturated carbocycles. The van der Waals surface area contributed by atoms with E-state index in [0.717, 1.165) is 0 Å². The van der Waals surface area contributed by atoms with E-state index in [-0.39, 0.29) is 16.5 Å². The molecular formula is C11H8Cl2N4O2. The number of carboxylic acid groups (broad SMARTS) is 1. The number of rotatable bonds is 4. The molecule has 1 aromatic carbocycles. The summed E-state index contributed by atoms with van der Waals surface area (Å²) >= 11 is 11.3. The van der Waals surface area contributed by atoms with Crippen molar-refractivity contribution in [3.63, 3.8) is 0 Å². The van der Waals surface area contributed by atoms with Gasteiger partial charge in [0.15, 0.2) is 6.04 Å². The van der Waals surface area contributed by atoms with Crippen molar-refractivity contribution in [3.8, 4) is 0 Å². The first-order chi connectivity index (χ1) is 9.06. The molecule has 0 amide bonds. The van der Waals surface area contributed by atoms with E-state index in [1.807, 2.05) is 0 Å². The Morgan fingerprint density at radius 2 is 1.68 bits per heavy atom. The van der Waals surface area contributed by atoms with Gasteiger partial charge in [-0.2, -0.15) is 15.0 Å². The zero-order chi connectivity index (χ0) is 13.8. The van der Waals surface area contributed by atoms with Crippen molar-refractivity contribution in [2.45, 2.75) is 6.04 Å². The van der Waals surface area contributed by atoms with Crippen LogP contribution in [-0.2, 0) is 4.79 Å². The number of nitrogens with zero attached hydrogens (tertiary/aromatic N) is 3. The van der Waals surface area contributed by atoms with Gasteiger partial charge in [-0.15, -0.1) is 0 Å². The van der Waals surface area contributed by atoms with Crippen LogP contribution in [0.2, 0.25) is 10.6 Å². The van der Waals surface area contributed by atoms with Crippen LogP contribution < -0.4 is 5.32 Å². The lowest BCUT2D eigenvalue weighted by atomic mass is 10.1. The molecule has 0 aliphatic heterocycles. The Morgan fingerprint density at radius 3 is 2.21 bits per heavy atom. The molecule has 0 spiro atoms. The molecule has 0 aliphatic carbocycles. The van der Waals surface area contributed by atoms with Gasteiger partial charge in [0.2, 0.25) is 16.5 Å². The molecule has 0 aliphatic rings. The van der Waals surface area contributed by atoms with Gasteiger partial charge in [0.25, 0.3) is 0 Å². The van der Waals surface area contributed by atoms with Crippen LogP contribution in [0.25, 0.3) is 0 Å². The number of halogens is 2. The number of aliphatic carboxylic acids is 1. The Hall–Kier alpha value is -1.92. The Kier molecular flexibility index (Phi) is 4.13. The molecule has 0 radical (unpaired) electrons. The van der Waals surface area contributed by atoms with Crippen molar-refractivity contribution in [2.75, 3.05) is 5.32 Å². The van der Waals surface area contributed by atoms with Gasteiger partial charge in [-0.3, -0.25) is 0 Å². The molecule has 0 saturated heterocycles. The van der Waals surface area contributed by atoms with Crippen LogP contribution in [0.1, 0.15) is 11.6 Å². The van der Waals surface area contributed by atoms with E-state index in [9.17, 15) is 9.90 Å². The van der Waals surface area contributed by atoms with Crippen LogP contribution in [-0.4, -0.2) is 26.0 Å². The van der Waals surface area contributed by atoms with Gasteiger partial charge in [0, 0.05) is 0 Å². The Balaban J connectivity index is 2.29. The van der Waals surface area contributed by atoms with E-state index >= 15 is 0 Å². The quantitative estimate of drug-likeness (QED) is 0.901. The molecule has 0 bridgehead atoms. The topological polar surface area (TPSA) is 88.0 Å². The minimum atomic E-state index is -1.07. The largest absolute Gasteiger partial charge is 0.479 e. The SMILES string of the molecule is O=C(O)[C@H](Nc1nc(Cl)nc(Cl)n1)c1ccccc1. The lowest BCUT2D eigenvalue weighted by Gasteiger charge is -2.14. The van der Waals surface area contributed by atoms with E-state index in [0.29, 0.717) is 5.56 Å². The summed E-state index contributed by atoms with van der Waals surface area (Å²) in [4.78, 5) is 22.4. The van der Waals surface area contributed by atoms with Crippen LogP contribution in [0.4, 0.5) is 5.95 Å². The zero-order valence-corrected chi connectivity index (χ0v) is 10.9. The molecule has 6 nitrogen and oxygen atoms in total. The van der Waals surface area contributed by atoms with Crippen molar-refractivity contribution < 1.29 is 9.90 Å². The molecule has 0 fully saturated rings. The summed E-state index contributed by atoms with van der Waals surface area (Å²) < 4.78 is 0. The first-order valence-corrected chi connectivity index (χ1v) is 5.93. The monoisotopic (exact) mass is 298 g/mol. The first kappa shape index (κ1) is 13.5.